The normalized spacial score (nSPS) is 18.1. The third-order valence-corrected chi connectivity index (χ3v) is 6.35. The van der Waals surface area contributed by atoms with Crippen LogP contribution in [-0.4, -0.2) is 25.8 Å². The topological polar surface area (TPSA) is 37.4 Å². The molecule has 0 bridgehead atoms. The van der Waals surface area contributed by atoms with Crippen LogP contribution in [0.3, 0.4) is 0 Å². The van der Waals surface area contributed by atoms with Gasteiger partial charge in [-0.1, -0.05) is 27.5 Å². The van der Waals surface area contributed by atoms with Gasteiger partial charge in [-0.05, 0) is 43.9 Å². The Morgan fingerprint density at radius 3 is 2.56 bits per heavy atom. The minimum atomic E-state index is -3.51. The molecular formula is C12H15BrClNO2S. The second kappa shape index (κ2) is 5.12. The van der Waals surface area contributed by atoms with Crippen molar-refractivity contribution in [1.29, 1.82) is 0 Å². The van der Waals surface area contributed by atoms with E-state index in [0.29, 0.717) is 5.92 Å². The van der Waals surface area contributed by atoms with Gasteiger partial charge in [-0.2, -0.15) is 4.31 Å². The minimum Gasteiger partial charge on any atom is -0.207 e. The molecule has 0 aliphatic heterocycles. The standard InChI is InChI=1S/C12H15BrClNO2S/c1-8(9-3-4-9)15(2)18(16,17)12-6-5-10(13)7-11(12)14/h5-9H,3-4H2,1-2H3. The molecule has 3 nitrogen and oxygen atoms in total. The third-order valence-electron chi connectivity index (χ3n) is 3.43. The summed E-state index contributed by atoms with van der Waals surface area (Å²) in [5, 5.41) is 0.249. The quantitative estimate of drug-likeness (QED) is 0.831. The molecule has 1 aliphatic carbocycles. The van der Waals surface area contributed by atoms with Crippen LogP contribution in [0.4, 0.5) is 0 Å². The summed E-state index contributed by atoms with van der Waals surface area (Å²) in [4.78, 5) is 0.169. The molecule has 1 saturated carbocycles. The third kappa shape index (κ3) is 2.74. The van der Waals surface area contributed by atoms with E-state index in [1.54, 1.807) is 19.2 Å². The SMILES string of the molecule is CC(C1CC1)N(C)S(=O)(=O)c1ccc(Br)cc1Cl. The monoisotopic (exact) mass is 351 g/mol. The van der Waals surface area contributed by atoms with E-state index >= 15 is 0 Å². The Hall–Kier alpha value is -0.100. The maximum Gasteiger partial charge on any atom is 0.244 e. The van der Waals surface area contributed by atoms with Gasteiger partial charge in [0.15, 0.2) is 0 Å². The molecule has 1 atom stereocenters. The van der Waals surface area contributed by atoms with Gasteiger partial charge in [-0.25, -0.2) is 8.42 Å². The maximum atomic E-state index is 12.5. The second-order valence-electron chi connectivity index (χ2n) is 4.67. The van der Waals surface area contributed by atoms with Gasteiger partial charge in [0.1, 0.15) is 4.90 Å². The van der Waals surface area contributed by atoms with Crippen molar-refractivity contribution in [3.63, 3.8) is 0 Å². The number of halogens is 2. The summed E-state index contributed by atoms with van der Waals surface area (Å²) in [6.07, 6.45) is 2.21. The molecular weight excluding hydrogens is 338 g/mol. The number of nitrogens with zero attached hydrogens (tertiary/aromatic N) is 1. The number of rotatable bonds is 4. The van der Waals surface area contributed by atoms with Crippen molar-refractivity contribution in [2.75, 3.05) is 7.05 Å². The van der Waals surface area contributed by atoms with Gasteiger partial charge >= 0.3 is 0 Å². The summed E-state index contributed by atoms with van der Waals surface area (Å²) in [6, 6.07) is 4.85. The summed E-state index contributed by atoms with van der Waals surface area (Å²) in [7, 11) is -1.89. The van der Waals surface area contributed by atoms with Crippen molar-refractivity contribution in [3.8, 4) is 0 Å². The number of sulfonamides is 1. The molecule has 1 aromatic rings. The summed E-state index contributed by atoms with van der Waals surface area (Å²) in [5.41, 5.74) is 0. The Bertz CT molecular complexity index is 557. The lowest BCUT2D eigenvalue weighted by atomic mass is 10.2. The molecule has 1 unspecified atom stereocenters. The predicted molar refractivity (Wildman–Crippen MR) is 76.3 cm³/mol. The molecule has 6 heteroatoms. The van der Waals surface area contributed by atoms with Crippen LogP contribution in [0.25, 0.3) is 0 Å². The van der Waals surface area contributed by atoms with Crippen molar-refractivity contribution in [2.45, 2.75) is 30.7 Å². The Labute approximate surface area is 121 Å². The van der Waals surface area contributed by atoms with Gasteiger partial charge in [0.05, 0.1) is 5.02 Å². The van der Waals surface area contributed by atoms with Gasteiger partial charge in [0, 0.05) is 17.6 Å². The molecule has 0 amide bonds. The molecule has 0 heterocycles. The van der Waals surface area contributed by atoms with E-state index in [0.717, 1.165) is 17.3 Å². The Kier molecular flexibility index (Phi) is 4.07. The van der Waals surface area contributed by atoms with E-state index in [-0.39, 0.29) is 16.0 Å². The van der Waals surface area contributed by atoms with Crippen molar-refractivity contribution in [1.82, 2.24) is 4.31 Å². The number of hydrogen-bond acceptors (Lipinski definition) is 2. The molecule has 0 N–H and O–H groups in total. The molecule has 0 radical (unpaired) electrons. The Balaban J connectivity index is 2.34. The van der Waals surface area contributed by atoms with Crippen molar-refractivity contribution >= 4 is 37.6 Å². The first kappa shape index (κ1) is 14.3. The van der Waals surface area contributed by atoms with Crippen LogP contribution in [0.5, 0.6) is 0 Å². The molecule has 100 valence electrons. The smallest absolute Gasteiger partial charge is 0.207 e. The van der Waals surface area contributed by atoms with E-state index in [4.69, 9.17) is 11.6 Å². The minimum absolute atomic E-state index is 0.0229. The second-order valence-corrected chi connectivity index (χ2v) is 7.96. The molecule has 0 saturated heterocycles. The fraction of sp³-hybridized carbons (Fsp3) is 0.500. The van der Waals surface area contributed by atoms with Crippen LogP contribution in [0.15, 0.2) is 27.6 Å². The van der Waals surface area contributed by atoms with Gasteiger partial charge in [0.25, 0.3) is 0 Å². The van der Waals surface area contributed by atoms with E-state index < -0.39 is 10.0 Å². The highest BCUT2D eigenvalue weighted by molar-refractivity contribution is 9.10. The zero-order valence-electron chi connectivity index (χ0n) is 10.2. The summed E-state index contributed by atoms with van der Waals surface area (Å²) < 4.78 is 27.1. The number of hydrogen-bond donors (Lipinski definition) is 0. The van der Waals surface area contributed by atoms with Gasteiger partial charge in [-0.3, -0.25) is 0 Å². The van der Waals surface area contributed by atoms with Crippen LogP contribution in [-0.2, 0) is 10.0 Å². The van der Waals surface area contributed by atoms with E-state index in [2.05, 4.69) is 15.9 Å². The molecule has 1 aliphatic rings. The largest absolute Gasteiger partial charge is 0.244 e. The summed E-state index contributed by atoms with van der Waals surface area (Å²) in [6.45, 7) is 1.95. The lowest BCUT2D eigenvalue weighted by molar-refractivity contribution is 0.357. The lowest BCUT2D eigenvalue weighted by Crippen LogP contribution is -2.36. The molecule has 0 spiro atoms. The van der Waals surface area contributed by atoms with Crippen LogP contribution in [0.2, 0.25) is 5.02 Å². The Morgan fingerprint density at radius 2 is 2.06 bits per heavy atom. The maximum absolute atomic E-state index is 12.5. The molecule has 1 aromatic carbocycles. The van der Waals surface area contributed by atoms with Crippen LogP contribution >= 0.6 is 27.5 Å². The van der Waals surface area contributed by atoms with Gasteiger partial charge < -0.3 is 0 Å². The fourth-order valence-corrected chi connectivity index (χ4v) is 4.37. The van der Waals surface area contributed by atoms with Gasteiger partial charge in [0.2, 0.25) is 10.0 Å². The summed E-state index contributed by atoms with van der Waals surface area (Å²) >= 11 is 9.29. The summed E-state index contributed by atoms with van der Waals surface area (Å²) in [5.74, 6) is 0.485. The average Bonchev–Trinajstić information content (AvgIpc) is 3.10. The first-order chi connectivity index (χ1) is 8.34. The van der Waals surface area contributed by atoms with Crippen LogP contribution in [0, 0.1) is 5.92 Å². The van der Waals surface area contributed by atoms with Gasteiger partial charge in [-0.15, -0.1) is 0 Å². The van der Waals surface area contributed by atoms with E-state index in [1.165, 1.54) is 10.4 Å². The molecule has 2 rings (SSSR count). The van der Waals surface area contributed by atoms with Crippen LogP contribution in [0.1, 0.15) is 19.8 Å². The zero-order valence-corrected chi connectivity index (χ0v) is 13.4. The highest BCUT2D eigenvalue weighted by atomic mass is 79.9. The molecule has 18 heavy (non-hydrogen) atoms. The first-order valence-electron chi connectivity index (χ1n) is 5.77. The predicted octanol–water partition coefficient (Wildman–Crippen LogP) is 3.52. The molecule has 1 fully saturated rings. The lowest BCUT2D eigenvalue weighted by Gasteiger charge is -2.24. The fourth-order valence-electron chi connectivity index (χ4n) is 1.93. The van der Waals surface area contributed by atoms with Crippen molar-refractivity contribution in [3.05, 3.63) is 27.7 Å². The van der Waals surface area contributed by atoms with Crippen molar-refractivity contribution < 1.29 is 8.42 Å². The Morgan fingerprint density at radius 1 is 1.44 bits per heavy atom. The van der Waals surface area contributed by atoms with Crippen LogP contribution < -0.4 is 0 Å². The van der Waals surface area contributed by atoms with E-state index in [1.807, 2.05) is 6.92 Å². The first-order valence-corrected chi connectivity index (χ1v) is 8.38. The number of benzene rings is 1. The molecule has 0 aromatic heterocycles. The highest BCUT2D eigenvalue weighted by Crippen LogP contribution is 2.37. The van der Waals surface area contributed by atoms with E-state index in [9.17, 15) is 8.42 Å². The highest BCUT2D eigenvalue weighted by Gasteiger charge is 2.36. The average molecular weight is 353 g/mol. The zero-order chi connectivity index (χ0) is 13.5. The van der Waals surface area contributed by atoms with Crippen molar-refractivity contribution in [2.24, 2.45) is 5.92 Å².